The van der Waals surface area contributed by atoms with Crippen LogP contribution in [0.25, 0.3) is 22.2 Å². The molecule has 0 aliphatic carbocycles. The van der Waals surface area contributed by atoms with Gasteiger partial charge in [0.1, 0.15) is 0 Å². The van der Waals surface area contributed by atoms with E-state index >= 15 is 0 Å². The van der Waals surface area contributed by atoms with E-state index in [1.807, 2.05) is 30.6 Å². The Hall–Kier alpha value is -1.21. The molecule has 0 fully saturated rings. The summed E-state index contributed by atoms with van der Waals surface area (Å²) in [5.41, 5.74) is 4.74. The monoisotopic (exact) mass is 460 g/mol. The van der Waals surface area contributed by atoms with Crippen LogP contribution in [0.1, 0.15) is 10.4 Å². The van der Waals surface area contributed by atoms with E-state index in [1.165, 1.54) is 0 Å². The molecule has 5 heteroatoms. The summed E-state index contributed by atoms with van der Waals surface area (Å²) < 4.78 is 2.14. The van der Waals surface area contributed by atoms with Crippen LogP contribution in [0.4, 0.5) is 0 Å². The molecule has 3 aromatic rings. The Morgan fingerprint density at radius 2 is 1.89 bits per heavy atom. The number of carbonyl (C=O) groups excluding carboxylic acids is 1. The minimum atomic E-state index is 0.480. The number of nitrogens with zero attached hydrogens (tertiary/aromatic N) is 2. The normalized spacial score (nSPS) is 10.7. The van der Waals surface area contributed by atoms with E-state index in [2.05, 4.69) is 13.4 Å². The maximum atomic E-state index is 10.8. The number of hydrogen-bond acceptors (Lipinski definition) is 2. The number of carbonyl (C=O) groups is 1. The van der Waals surface area contributed by atoms with Crippen LogP contribution in [0.5, 0.6) is 0 Å². The molecule has 0 bridgehead atoms. The number of benzene rings is 2. The van der Waals surface area contributed by atoms with Gasteiger partial charge in [-0.05, 0) is 0 Å². The molecule has 1 heterocycles. The van der Waals surface area contributed by atoms with Gasteiger partial charge in [0.25, 0.3) is 0 Å². The predicted molar refractivity (Wildman–Crippen MR) is 76.7 cm³/mol. The first-order valence-electron chi connectivity index (χ1n) is 5.66. The fourth-order valence-electron chi connectivity index (χ4n) is 2.01. The summed E-state index contributed by atoms with van der Waals surface area (Å²) in [5.74, 6) is 0. The van der Waals surface area contributed by atoms with Gasteiger partial charge >= 0.3 is 132 Å². The zero-order valence-corrected chi connectivity index (χ0v) is 15.1. The summed E-state index contributed by atoms with van der Waals surface area (Å²) in [6, 6.07) is 11.6. The Morgan fingerprint density at radius 1 is 1.16 bits per heavy atom. The van der Waals surface area contributed by atoms with Crippen LogP contribution in [-0.2, 0) is 0 Å². The molecule has 90 valence electrons. The first-order chi connectivity index (χ1) is 9.19. The topological polar surface area (TPSA) is 34.9 Å². The Balaban J connectivity index is 2.15. The number of hydrogen-bond donors (Lipinski definition) is 0. The Kier molecular flexibility index (Phi) is 3.41. The van der Waals surface area contributed by atoms with Gasteiger partial charge in [-0.25, -0.2) is 0 Å². The second kappa shape index (κ2) is 5.05. The van der Waals surface area contributed by atoms with Crippen LogP contribution >= 0.6 is 11.6 Å². The van der Waals surface area contributed by atoms with Gasteiger partial charge in [0.05, 0.1) is 0 Å². The number of aromatic nitrogens is 2. The van der Waals surface area contributed by atoms with Crippen molar-refractivity contribution in [3.05, 3.63) is 53.3 Å². The molecule has 1 aromatic heterocycles. The zero-order chi connectivity index (χ0) is 13.4. The fourth-order valence-corrected chi connectivity index (χ4v) is 3.30. The van der Waals surface area contributed by atoms with Crippen LogP contribution in [0.2, 0.25) is 5.02 Å². The van der Waals surface area contributed by atoms with E-state index in [9.17, 15) is 4.79 Å². The molecule has 0 N–H and O–H groups in total. The summed E-state index contributed by atoms with van der Waals surface area (Å²) in [4.78, 5) is 15.1. The van der Waals surface area contributed by atoms with Crippen molar-refractivity contribution in [2.24, 2.45) is 0 Å². The second-order valence-corrected chi connectivity index (χ2v) is 6.78. The number of fused-ring (bicyclic) bond motifs is 1. The van der Waals surface area contributed by atoms with E-state index in [4.69, 9.17) is 11.6 Å². The minimum absolute atomic E-state index is 0.480. The number of halogens is 1. The Labute approximate surface area is 131 Å². The molecular weight excluding hydrogens is 452 g/mol. The van der Waals surface area contributed by atoms with Gasteiger partial charge in [-0.3, -0.25) is 0 Å². The molecule has 2 aromatic carbocycles. The molecule has 3 rings (SSSR count). The molecule has 0 aliphatic rings. The van der Waals surface area contributed by atoms with Crippen molar-refractivity contribution in [1.29, 1.82) is 0 Å². The Bertz CT molecular complexity index is 782. The molecule has 0 aliphatic heterocycles. The number of imidazole rings is 1. The van der Waals surface area contributed by atoms with Crippen molar-refractivity contribution in [2.75, 3.05) is 0 Å². The first-order valence-corrected chi connectivity index (χ1v) is 8.05. The number of aldehydes is 1. The third kappa shape index (κ3) is 2.32. The van der Waals surface area contributed by atoms with Gasteiger partial charge < -0.3 is 0 Å². The van der Waals surface area contributed by atoms with Crippen LogP contribution in [0.15, 0.2) is 42.7 Å². The second-order valence-electron chi connectivity index (χ2n) is 4.21. The molecule has 0 saturated heterocycles. The van der Waals surface area contributed by atoms with Crippen molar-refractivity contribution in [3.8, 4) is 11.1 Å². The average Bonchev–Trinajstić information content (AvgIpc) is 2.80. The first kappa shape index (κ1) is 12.8. The van der Waals surface area contributed by atoms with Crippen molar-refractivity contribution < 1.29 is 4.79 Å². The van der Waals surface area contributed by atoms with E-state index < -0.39 is 0 Å². The van der Waals surface area contributed by atoms with Gasteiger partial charge in [0.15, 0.2) is 0 Å². The Morgan fingerprint density at radius 3 is 2.63 bits per heavy atom. The predicted octanol–water partition coefficient (Wildman–Crippen LogP) is 3.10. The quantitative estimate of drug-likeness (QED) is 0.436. The van der Waals surface area contributed by atoms with Gasteiger partial charge in [0, 0.05) is 0 Å². The van der Waals surface area contributed by atoms with E-state index in [0.717, 1.165) is 28.4 Å². The summed E-state index contributed by atoms with van der Waals surface area (Å²) in [6.45, 7) is 0. The third-order valence-electron chi connectivity index (χ3n) is 3.04. The van der Waals surface area contributed by atoms with Crippen LogP contribution < -0.4 is 0 Å². The summed E-state index contributed by atoms with van der Waals surface area (Å²) in [7, 11) is 0. The summed E-state index contributed by atoms with van der Waals surface area (Å²) >= 11 is 6.75. The molecule has 0 atom stereocenters. The fraction of sp³-hybridized carbons (Fsp3) is 0. The molecule has 19 heavy (non-hydrogen) atoms. The summed E-state index contributed by atoms with van der Waals surface area (Å²) in [6.07, 6.45) is 2.63. The zero-order valence-electron chi connectivity index (χ0n) is 9.88. The van der Waals surface area contributed by atoms with Gasteiger partial charge in [0.2, 0.25) is 0 Å². The van der Waals surface area contributed by atoms with Crippen LogP contribution in [0.3, 0.4) is 0 Å². The molecule has 0 radical (unpaired) electrons. The SMILES string of the molecule is O=Cc1ccc(-c2ccc3nc[n]([Tl])c3c2)cc1Cl. The van der Waals surface area contributed by atoms with Crippen molar-refractivity contribution in [3.63, 3.8) is 0 Å². The molecule has 0 spiro atoms. The molecule has 3 nitrogen and oxygen atoms in total. The van der Waals surface area contributed by atoms with Crippen LogP contribution in [-0.4, -0.2) is 39.7 Å². The molecule has 0 amide bonds. The van der Waals surface area contributed by atoms with Crippen molar-refractivity contribution in [2.45, 2.75) is 0 Å². The molecule has 0 unspecified atom stereocenters. The standard InChI is InChI=1S/C14H9ClN2O.Tl/c15-12-5-9(1-2-11(12)7-18)10-3-4-13-14(6-10)17-8-16-13;/h1-8H,(H,16,17,18);/q;+1/p-1. The maximum absolute atomic E-state index is 10.8. The van der Waals surface area contributed by atoms with Gasteiger partial charge in [-0.1, -0.05) is 0 Å². The van der Waals surface area contributed by atoms with Gasteiger partial charge in [-0.2, -0.15) is 0 Å². The van der Waals surface area contributed by atoms with Crippen molar-refractivity contribution >= 4 is 55.0 Å². The van der Waals surface area contributed by atoms with E-state index in [-0.39, 0.29) is 0 Å². The third-order valence-corrected chi connectivity index (χ3v) is 4.96. The number of rotatable bonds is 2. The van der Waals surface area contributed by atoms with E-state index in [0.29, 0.717) is 36.7 Å². The summed E-state index contributed by atoms with van der Waals surface area (Å²) in [5, 5.41) is 0.480. The molecular formula is C14H8ClN2OTl. The van der Waals surface area contributed by atoms with Gasteiger partial charge in [-0.15, -0.1) is 0 Å². The van der Waals surface area contributed by atoms with E-state index in [1.54, 1.807) is 6.07 Å². The average molecular weight is 460 g/mol. The van der Waals surface area contributed by atoms with Crippen molar-refractivity contribution in [1.82, 2.24) is 7.36 Å². The molecule has 0 saturated carbocycles. The van der Waals surface area contributed by atoms with Crippen LogP contribution in [0, 0.1) is 0 Å².